The second-order valence-corrected chi connectivity index (χ2v) is 6.57. The molecule has 2 aromatic carbocycles. The van der Waals surface area contributed by atoms with E-state index >= 15 is 0 Å². The van der Waals surface area contributed by atoms with Gasteiger partial charge in [-0.25, -0.2) is 4.99 Å². The highest BCUT2D eigenvalue weighted by molar-refractivity contribution is 6.00. The highest BCUT2D eigenvalue weighted by Gasteiger charge is 2.35. The molecule has 2 nitrogen and oxygen atoms in total. The van der Waals surface area contributed by atoms with E-state index in [0.717, 1.165) is 11.4 Å². The molecule has 0 unspecified atom stereocenters. The van der Waals surface area contributed by atoms with Gasteiger partial charge in [0.1, 0.15) is 5.82 Å². The molecule has 2 heteroatoms. The van der Waals surface area contributed by atoms with E-state index < -0.39 is 0 Å². The van der Waals surface area contributed by atoms with Crippen LogP contribution in [0.25, 0.3) is 22.7 Å². The summed E-state index contributed by atoms with van der Waals surface area (Å²) in [5.74, 6) is 0.925. The number of aromatic nitrogens is 1. The number of allylic oxidation sites excluding steroid dienone is 1. The van der Waals surface area contributed by atoms with Crippen molar-refractivity contribution in [1.29, 1.82) is 0 Å². The predicted octanol–water partition coefficient (Wildman–Crippen LogP) is 5.64. The summed E-state index contributed by atoms with van der Waals surface area (Å²) in [5, 5.41) is 1.24. The zero-order chi connectivity index (χ0) is 16.2. The quantitative estimate of drug-likeness (QED) is 0.545. The molecule has 0 amide bonds. The molecule has 2 heterocycles. The Hall–Kier alpha value is -2.61. The molecule has 0 atom stereocenters. The second kappa shape index (κ2) is 4.69. The number of fused-ring (bicyclic) bond motifs is 2. The average Bonchev–Trinajstić information content (AvgIpc) is 2.88. The van der Waals surface area contributed by atoms with Crippen LogP contribution in [-0.4, -0.2) is 11.3 Å². The van der Waals surface area contributed by atoms with Crippen molar-refractivity contribution in [2.24, 2.45) is 4.99 Å². The number of hydrogen-bond acceptors (Lipinski definition) is 1. The van der Waals surface area contributed by atoms with Crippen molar-refractivity contribution >= 4 is 29.5 Å². The van der Waals surface area contributed by atoms with Gasteiger partial charge in [0.2, 0.25) is 0 Å². The van der Waals surface area contributed by atoms with Gasteiger partial charge >= 0.3 is 0 Å². The van der Waals surface area contributed by atoms with E-state index in [4.69, 9.17) is 0 Å². The molecule has 114 valence electrons. The summed E-state index contributed by atoms with van der Waals surface area (Å²) in [6.45, 7) is 10.5. The molecule has 0 radical (unpaired) electrons. The fraction of sp³-hybridized carbons (Fsp3) is 0.190. The first-order valence-corrected chi connectivity index (χ1v) is 7.98. The highest BCUT2D eigenvalue weighted by Crippen LogP contribution is 2.48. The molecule has 0 fully saturated rings. The van der Waals surface area contributed by atoms with Crippen LogP contribution in [0.15, 0.2) is 53.5 Å². The molecule has 0 spiro atoms. The topological polar surface area (TPSA) is 17.3 Å². The fourth-order valence-electron chi connectivity index (χ4n) is 3.92. The van der Waals surface area contributed by atoms with E-state index in [9.17, 15) is 0 Å². The van der Waals surface area contributed by atoms with Crippen LogP contribution < -0.4 is 0 Å². The van der Waals surface area contributed by atoms with Gasteiger partial charge in [0.25, 0.3) is 0 Å². The lowest BCUT2D eigenvalue weighted by Crippen LogP contribution is -2.26. The maximum absolute atomic E-state index is 4.38. The fourth-order valence-corrected chi connectivity index (χ4v) is 3.92. The minimum atomic E-state index is -0.0317. The van der Waals surface area contributed by atoms with E-state index in [0.29, 0.717) is 0 Å². The van der Waals surface area contributed by atoms with Crippen LogP contribution in [0.3, 0.4) is 0 Å². The van der Waals surface area contributed by atoms with Gasteiger partial charge in [0, 0.05) is 16.4 Å². The third kappa shape index (κ3) is 1.66. The normalized spacial score (nSPS) is 15.1. The zero-order valence-corrected chi connectivity index (χ0v) is 13.8. The van der Waals surface area contributed by atoms with Crippen molar-refractivity contribution in [3.63, 3.8) is 0 Å². The van der Waals surface area contributed by atoms with Crippen molar-refractivity contribution in [3.8, 4) is 5.69 Å². The lowest BCUT2D eigenvalue weighted by Gasteiger charge is -2.34. The third-order valence-corrected chi connectivity index (χ3v) is 4.98. The Morgan fingerprint density at radius 2 is 1.78 bits per heavy atom. The second-order valence-electron chi connectivity index (χ2n) is 6.57. The number of rotatable bonds is 2. The number of nitrogens with zero attached hydrogens (tertiary/aromatic N) is 2. The van der Waals surface area contributed by atoms with E-state index in [-0.39, 0.29) is 5.41 Å². The Morgan fingerprint density at radius 3 is 2.52 bits per heavy atom. The summed E-state index contributed by atoms with van der Waals surface area (Å²) < 4.78 is 2.27. The molecule has 0 saturated heterocycles. The van der Waals surface area contributed by atoms with E-state index in [2.05, 4.69) is 84.7 Å². The maximum atomic E-state index is 4.38. The average molecular weight is 300 g/mol. The number of benzene rings is 2. The summed E-state index contributed by atoms with van der Waals surface area (Å²) >= 11 is 0. The Bertz CT molecular complexity index is 971. The SMILES string of the molecule is C=Nc1c(/C=C\C)c2cccc3c2n1-c1ccccc1C3(C)C. The molecule has 0 aliphatic carbocycles. The van der Waals surface area contributed by atoms with Crippen LogP contribution in [0.1, 0.15) is 37.5 Å². The first-order valence-electron chi connectivity index (χ1n) is 7.98. The Labute approximate surface area is 136 Å². The van der Waals surface area contributed by atoms with Crippen molar-refractivity contribution in [1.82, 2.24) is 4.57 Å². The molecular formula is C21H20N2. The summed E-state index contributed by atoms with van der Waals surface area (Å²) in [6.07, 6.45) is 4.20. The summed E-state index contributed by atoms with van der Waals surface area (Å²) in [6, 6.07) is 15.2. The predicted molar refractivity (Wildman–Crippen MR) is 99.3 cm³/mol. The Kier molecular flexibility index (Phi) is 2.86. The van der Waals surface area contributed by atoms with Crippen molar-refractivity contribution in [2.75, 3.05) is 0 Å². The van der Waals surface area contributed by atoms with Gasteiger partial charge in [-0.1, -0.05) is 62.4 Å². The largest absolute Gasteiger partial charge is 0.293 e. The van der Waals surface area contributed by atoms with E-state index in [1.54, 1.807) is 0 Å². The molecule has 1 aromatic heterocycles. The standard InChI is InChI=1S/C21H20N2/c1-5-9-15-14-10-8-12-17-19(14)23(20(15)22-4)18-13-7-6-11-16(18)21(17,2)3/h5-13H,4H2,1-3H3/b9-5-. The highest BCUT2D eigenvalue weighted by atomic mass is 15.1. The molecule has 4 rings (SSSR count). The summed E-state index contributed by atoms with van der Waals surface area (Å²) in [4.78, 5) is 4.38. The van der Waals surface area contributed by atoms with Crippen LogP contribution in [0, 0.1) is 0 Å². The first-order chi connectivity index (χ1) is 11.1. The third-order valence-electron chi connectivity index (χ3n) is 4.98. The zero-order valence-electron chi connectivity index (χ0n) is 13.8. The van der Waals surface area contributed by atoms with Gasteiger partial charge in [-0.15, -0.1) is 0 Å². The van der Waals surface area contributed by atoms with Crippen molar-refractivity contribution in [2.45, 2.75) is 26.2 Å². The van der Waals surface area contributed by atoms with Gasteiger partial charge in [-0.3, -0.25) is 4.57 Å². The Balaban J connectivity index is 2.30. The lowest BCUT2D eigenvalue weighted by atomic mass is 9.75. The van der Waals surface area contributed by atoms with Crippen molar-refractivity contribution in [3.05, 3.63) is 65.2 Å². The minimum Gasteiger partial charge on any atom is -0.293 e. The first kappa shape index (κ1) is 14.0. The lowest BCUT2D eigenvalue weighted by molar-refractivity contribution is 0.629. The smallest absolute Gasteiger partial charge is 0.144 e. The molecule has 1 aliphatic rings. The summed E-state index contributed by atoms with van der Waals surface area (Å²) in [5.41, 5.74) is 6.25. The van der Waals surface area contributed by atoms with Gasteiger partial charge in [-0.05, 0) is 30.8 Å². The molecule has 0 bridgehead atoms. The van der Waals surface area contributed by atoms with Gasteiger partial charge in [0.05, 0.1) is 11.2 Å². The van der Waals surface area contributed by atoms with E-state index in [1.165, 1.54) is 27.7 Å². The van der Waals surface area contributed by atoms with Crippen molar-refractivity contribution < 1.29 is 0 Å². The number of hydrogen-bond donors (Lipinski definition) is 0. The van der Waals surface area contributed by atoms with E-state index in [1.807, 2.05) is 6.92 Å². The monoisotopic (exact) mass is 300 g/mol. The van der Waals surface area contributed by atoms with Crippen LogP contribution in [0.5, 0.6) is 0 Å². The Morgan fingerprint density at radius 1 is 1.04 bits per heavy atom. The molecule has 23 heavy (non-hydrogen) atoms. The van der Waals surface area contributed by atoms with Gasteiger partial charge in [-0.2, -0.15) is 0 Å². The van der Waals surface area contributed by atoms with Gasteiger partial charge < -0.3 is 0 Å². The molecule has 0 saturated carbocycles. The minimum absolute atomic E-state index is 0.0317. The van der Waals surface area contributed by atoms with Crippen LogP contribution in [-0.2, 0) is 5.41 Å². The number of aliphatic imine (C=N–C) groups is 1. The summed E-state index contributed by atoms with van der Waals surface area (Å²) in [7, 11) is 0. The molecular weight excluding hydrogens is 280 g/mol. The van der Waals surface area contributed by atoms with Gasteiger partial charge in [0.15, 0.2) is 0 Å². The van der Waals surface area contributed by atoms with Crippen LogP contribution >= 0.6 is 0 Å². The number of para-hydroxylation sites is 2. The molecule has 0 N–H and O–H groups in total. The molecule has 1 aliphatic heterocycles. The van der Waals surface area contributed by atoms with Crippen LogP contribution in [0.2, 0.25) is 0 Å². The maximum Gasteiger partial charge on any atom is 0.144 e. The molecule has 3 aromatic rings. The van der Waals surface area contributed by atoms with Crippen LogP contribution in [0.4, 0.5) is 5.82 Å².